The van der Waals surface area contributed by atoms with Gasteiger partial charge in [0, 0.05) is 52.0 Å². The van der Waals surface area contributed by atoms with Gasteiger partial charge in [0.25, 0.3) is 17.8 Å². The third kappa shape index (κ3) is 7.02. The van der Waals surface area contributed by atoms with Crippen molar-refractivity contribution < 1.29 is 23.3 Å². The fraction of sp³-hybridized carbons (Fsp3) is 0.367. The molecule has 5 rings (SSSR count). The molecule has 44 heavy (non-hydrogen) atoms. The average Bonchev–Trinajstić information content (AvgIpc) is 3.58. The van der Waals surface area contributed by atoms with Crippen LogP contribution in [-0.4, -0.2) is 89.4 Å². The molecule has 4 heterocycles. The summed E-state index contributed by atoms with van der Waals surface area (Å²) in [5, 5.41) is 10.8. The van der Waals surface area contributed by atoms with Crippen molar-refractivity contribution in [2.75, 3.05) is 45.0 Å². The minimum atomic E-state index is -0.769. The molecule has 0 unspecified atom stereocenters. The standard InChI is InChI=1S/C30H35N9O5/c1-18-14-20-15-21(10-12-24(20)43-18)32-29(35-26(40)19-9-11-22(31-16-19)27(41)37(2)3)33-23-8-6-7-13-39(28(23)42)17-25-34-30(36-44-25)38(4)5/h9-12,14-16,23H,6-8,13,17H2,1-5H3,(H2,32,33,35,40)/t23-/m0/s1. The zero-order chi connectivity index (χ0) is 31.4. The van der Waals surface area contributed by atoms with Gasteiger partial charge in [-0.25, -0.2) is 4.99 Å². The maximum atomic E-state index is 13.7. The third-order valence-electron chi connectivity index (χ3n) is 7.01. The summed E-state index contributed by atoms with van der Waals surface area (Å²) in [7, 11) is 6.86. The first-order valence-corrected chi connectivity index (χ1v) is 14.2. The Morgan fingerprint density at radius 1 is 1.11 bits per heavy atom. The van der Waals surface area contributed by atoms with Crippen molar-refractivity contribution >= 4 is 46.3 Å². The number of amides is 3. The number of hydrogen-bond donors (Lipinski definition) is 2. The van der Waals surface area contributed by atoms with E-state index in [4.69, 9.17) is 13.9 Å². The number of pyridine rings is 1. The summed E-state index contributed by atoms with van der Waals surface area (Å²) in [4.78, 5) is 57.2. The van der Waals surface area contributed by atoms with E-state index in [9.17, 15) is 14.4 Å². The van der Waals surface area contributed by atoms with Crippen molar-refractivity contribution in [2.45, 2.75) is 38.8 Å². The zero-order valence-electron chi connectivity index (χ0n) is 25.3. The number of aromatic nitrogens is 3. The van der Waals surface area contributed by atoms with Gasteiger partial charge in [0.1, 0.15) is 29.6 Å². The van der Waals surface area contributed by atoms with Crippen LogP contribution in [0.2, 0.25) is 0 Å². The van der Waals surface area contributed by atoms with Crippen molar-refractivity contribution in [3.8, 4) is 0 Å². The van der Waals surface area contributed by atoms with E-state index in [1.807, 2.05) is 25.1 Å². The van der Waals surface area contributed by atoms with E-state index >= 15 is 0 Å². The molecule has 14 heteroatoms. The number of carbonyl (C=O) groups excluding carboxylic acids is 3. The van der Waals surface area contributed by atoms with Gasteiger partial charge in [-0.2, -0.15) is 4.98 Å². The van der Waals surface area contributed by atoms with Crippen molar-refractivity contribution in [3.05, 3.63) is 65.5 Å². The first-order valence-electron chi connectivity index (χ1n) is 14.2. The van der Waals surface area contributed by atoms with Gasteiger partial charge in [0.15, 0.2) is 0 Å². The van der Waals surface area contributed by atoms with Gasteiger partial charge in [0.2, 0.25) is 17.8 Å². The van der Waals surface area contributed by atoms with Gasteiger partial charge in [0.05, 0.1) is 5.56 Å². The van der Waals surface area contributed by atoms with Crippen LogP contribution in [0.3, 0.4) is 0 Å². The van der Waals surface area contributed by atoms with E-state index in [2.05, 4.69) is 25.8 Å². The van der Waals surface area contributed by atoms with Crippen LogP contribution in [0.25, 0.3) is 11.0 Å². The first kappa shape index (κ1) is 30.2. The van der Waals surface area contributed by atoms with Crippen LogP contribution in [0.5, 0.6) is 0 Å². The molecule has 3 aromatic heterocycles. The summed E-state index contributed by atoms with van der Waals surface area (Å²) in [5.41, 5.74) is 1.80. The normalized spacial score (nSPS) is 15.7. The van der Waals surface area contributed by atoms with Crippen LogP contribution in [0.1, 0.15) is 51.8 Å². The minimum absolute atomic E-state index is 0.0934. The molecule has 1 atom stereocenters. The molecule has 1 aliphatic heterocycles. The number of anilines is 2. The number of nitrogens with one attached hydrogen (secondary N) is 2. The fourth-order valence-corrected chi connectivity index (χ4v) is 4.72. The molecule has 0 aliphatic carbocycles. The second-order valence-corrected chi connectivity index (χ2v) is 11.0. The SMILES string of the molecule is Cc1cc2cc(NC(=N[C@H]3CCCCN(Cc4nc(N(C)C)no4)C3=O)NC(=O)c3ccc(C(=O)N(C)C)nc3)ccc2o1. The van der Waals surface area contributed by atoms with Crippen molar-refractivity contribution in [3.63, 3.8) is 0 Å². The molecule has 3 amide bonds. The molecule has 1 aromatic carbocycles. The molecule has 1 fully saturated rings. The van der Waals surface area contributed by atoms with Gasteiger partial charge in [-0.15, -0.1) is 0 Å². The molecule has 0 spiro atoms. The van der Waals surface area contributed by atoms with Crippen LogP contribution in [0, 0.1) is 6.92 Å². The number of guanidine groups is 1. The van der Waals surface area contributed by atoms with Gasteiger partial charge < -0.3 is 29.0 Å². The monoisotopic (exact) mass is 601 g/mol. The number of nitrogens with zero attached hydrogens (tertiary/aromatic N) is 7. The number of hydrogen-bond acceptors (Lipinski definition) is 10. The van der Waals surface area contributed by atoms with Gasteiger partial charge in [-0.1, -0.05) is 0 Å². The van der Waals surface area contributed by atoms with Crippen LogP contribution in [0.4, 0.5) is 11.6 Å². The summed E-state index contributed by atoms with van der Waals surface area (Å²) in [6.45, 7) is 2.53. The Morgan fingerprint density at radius 3 is 2.64 bits per heavy atom. The minimum Gasteiger partial charge on any atom is -0.461 e. The van der Waals surface area contributed by atoms with Gasteiger partial charge in [-0.3, -0.25) is 24.7 Å². The largest absolute Gasteiger partial charge is 0.461 e. The number of aryl methyl sites for hydroxylation is 1. The first-order chi connectivity index (χ1) is 21.1. The van der Waals surface area contributed by atoms with E-state index in [0.29, 0.717) is 30.5 Å². The summed E-state index contributed by atoms with van der Waals surface area (Å²) < 4.78 is 11.0. The second kappa shape index (κ2) is 12.9. The maximum Gasteiger partial charge on any atom is 0.271 e. The molecule has 0 radical (unpaired) electrons. The molecule has 14 nitrogen and oxygen atoms in total. The average molecular weight is 602 g/mol. The van der Waals surface area contributed by atoms with Gasteiger partial charge >= 0.3 is 0 Å². The predicted molar refractivity (Wildman–Crippen MR) is 163 cm³/mol. The summed E-state index contributed by atoms with van der Waals surface area (Å²) in [6, 6.07) is 9.63. The van der Waals surface area contributed by atoms with Crippen LogP contribution >= 0.6 is 0 Å². The number of carbonyl (C=O) groups is 3. The van der Waals surface area contributed by atoms with Crippen LogP contribution in [0.15, 0.2) is 56.5 Å². The van der Waals surface area contributed by atoms with E-state index in [0.717, 1.165) is 29.6 Å². The molecule has 230 valence electrons. The molecule has 1 aliphatic rings. The molecule has 0 bridgehead atoms. The Hall–Kier alpha value is -5.27. The number of rotatable bonds is 7. The molecular weight excluding hydrogens is 566 g/mol. The second-order valence-electron chi connectivity index (χ2n) is 11.0. The smallest absolute Gasteiger partial charge is 0.271 e. The van der Waals surface area contributed by atoms with Crippen molar-refractivity contribution in [1.82, 2.24) is 30.2 Å². The Bertz CT molecular complexity index is 1690. The number of fused-ring (bicyclic) bond motifs is 1. The topological polar surface area (TPSA) is 162 Å². The van der Waals surface area contributed by atoms with E-state index in [1.54, 1.807) is 44.1 Å². The number of furan rings is 1. The Morgan fingerprint density at radius 2 is 1.93 bits per heavy atom. The number of likely N-dealkylation sites (tertiary alicyclic amines) is 1. The maximum absolute atomic E-state index is 13.7. The lowest BCUT2D eigenvalue weighted by molar-refractivity contribution is -0.132. The van der Waals surface area contributed by atoms with Crippen molar-refractivity contribution in [2.24, 2.45) is 4.99 Å². The Balaban J connectivity index is 1.41. The highest BCUT2D eigenvalue weighted by Crippen LogP contribution is 2.23. The zero-order valence-corrected chi connectivity index (χ0v) is 25.3. The van der Waals surface area contributed by atoms with E-state index in [1.165, 1.54) is 23.2 Å². The number of benzene rings is 1. The highest BCUT2D eigenvalue weighted by Gasteiger charge is 2.29. The van der Waals surface area contributed by atoms with Gasteiger partial charge in [-0.05, 0) is 67.7 Å². The van der Waals surface area contributed by atoms with Crippen LogP contribution < -0.4 is 15.5 Å². The lowest BCUT2D eigenvalue weighted by Crippen LogP contribution is -2.41. The lowest BCUT2D eigenvalue weighted by Gasteiger charge is -2.22. The van der Waals surface area contributed by atoms with Crippen LogP contribution in [-0.2, 0) is 11.3 Å². The molecule has 4 aromatic rings. The predicted octanol–water partition coefficient (Wildman–Crippen LogP) is 3.07. The Labute approximate surface area is 254 Å². The fourth-order valence-electron chi connectivity index (χ4n) is 4.72. The van der Waals surface area contributed by atoms with Crippen molar-refractivity contribution in [1.29, 1.82) is 0 Å². The summed E-state index contributed by atoms with van der Waals surface area (Å²) >= 11 is 0. The highest BCUT2D eigenvalue weighted by molar-refractivity contribution is 6.11. The van der Waals surface area contributed by atoms with E-state index in [-0.39, 0.29) is 35.6 Å². The molecule has 0 saturated carbocycles. The van der Waals surface area contributed by atoms with E-state index < -0.39 is 11.9 Å². The third-order valence-corrected chi connectivity index (χ3v) is 7.01. The number of aliphatic imine (C=N–C) groups is 1. The Kier molecular flexibility index (Phi) is 8.88. The lowest BCUT2D eigenvalue weighted by atomic mass is 10.1. The quantitative estimate of drug-likeness (QED) is 0.238. The molecule has 2 N–H and O–H groups in total. The summed E-state index contributed by atoms with van der Waals surface area (Å²) in [5.74, 6) is 0.612. The summed E-state index contributed by atoms with van der Waals surface area (Å²) in [6.07, 6.45) is 3.36. The molecular formula is C30H35N9O5. The molecule has 1 saturated heterocycles. The highest BCUT2D eigenvalue weighted by atomic mass is 16.5.